The zero-order valence-electron chi connectivity index (χ0n) is 16.4. The van der Waals surface area contributed by atoms with Crippen molar-refractivity contribution in [2.75, 3.05) is 19.6 Å². The van der Waals surface area contributed by atoms with Crippen LogP contribution < -0.4 is 10.6 Å². The summed E-state index contributed by atoms with van der Waals surface area (Å²) < 4.78 is 5.12. The van der Waals surface area contributed by atoms with Crippen molar-refractivity contribution in [1.29, 1.82) is 0 Å². The fourth-order valence-corrected chi connectivity index (χ4v) is 3.21. The molecule has 1 aromatic heterocycles. The van der Waals surface area contributed by atoms with Crippen LogP contribution in [0, 0.1) is 6.92 Å². The van der Waals surface area contributed by atoms with Crippen LogP contribution in [0.2, 0.25) is 0 Å². The molecule has 0 amide bonds. The van der Waals surface area contributed by atoms with Gasteiger partial charge in [-0.15, -0.1) is 0 Å². The number of aryl methyl sites for hydroxylation is 1. The van der Waals surface area contributed by atoms with Crippen molar-refractivity contribution in [3.05, 3.63) is 47.1 Å². The minimum absolute atomic E-state index is 0.460. The highest BCUT2D eigenvalue weighted by atomic mass is 16.5. The molecular formula is C20H30N6O. The van der Waals surface area contributed by atoms with Gasteiger partial charge < -0.3 is 15.2 Å². The maximum Gasteiger partial charge on any atom is 0.246 e. The molecule has 7 heteroatoms. The van der Waals surface area contributed by atoms with Gasteiger partial charge in [0.2, 0.25) is 5.89 Å². The topological polar surface area (TPSA) is 78.6 Å². The SMILES string of the molecule is CCNC(=NCc1ccc(CN2CCCCC2)cc1)NCc1nc(C)no1. The van der Waals surface area contributed by atoms with Gasteiger partial charge in [0.15, 0.2) is 11.8 Å². The summed E-state index contributed by atoms with van der Waals surface area (Å²) in [4.78, 5) is 11.4. The van der Waals surface area contributed by atoms with Gasteiger partial charge in [-0.2, -0.15) is 4.98 Å². The number of rotatable bonds is 7. The van der Waals surface area contributed by atoms with Crippen molar-refractivity contribution in [2.45, 2.75) is 52.7 Å². The van der Waals surface area contributed by atoms with Crippen LogP contribution in [0.1, 0.15) is 49.0 Å². The molecule has 2 heterocycles. The van der Waals surface area contributed by atoms with Gasteiger partial charge in [-0.3, -0.25) is 4.90 Å². The lowest BCUT2D eigenvalue weighted by molar-refractivity contribution is 0.221. The molecule has 0 saturated carbocycles. The fraction of sp³-hybridized carbons (Fsp3) is 0.550. The summed E-state index contributed by atoms with van der Waals surface area (Å²) in [6, 6.07) is 8.80. The maximum atomic E-state index is 5.12. The van der Waals surface area contributed by atoms with E-state index >= 15 is 0 Å². The van der Waals surface area contributed by atoms with Crippen molar-refractivity contribution in [3.63, 3.8) is 0 Å². The highest BCUT2D eigenvalue weighted by molar-refractivity contribution is 5.79. The Labute approximate surface area is 161 Å². The number of aliphatic imine (C=N–C) groups is 1. The first-order chi connectivity index (χ1) is 13.2. The van der Waals surface area contributed by atoms with E-state index in [9.17, 15) is 0 Å². The van der Waals surface area contributed by atoms with Crippen molar-refractivity contribution in [1.82, 2.24) is 25.7 Å². The molecule has 0 radical (unpaired) electrons. The molecule has 0 atom stereocenters. The van der Waals surface area contributed by atoms with Crippen LogP contribution in [-0.2, 0) is 19.6 Å². The molecule has 2 aromatic rings. The number of hydrogen-bond acceptors (Lipinski definition) is 5. The standard InChI is InChI=1S/C20H30N6O/c1-3-21-20(23-14-19-24-16(2)25-27-19)22-13-17-7-9-18(10-8-17)15-26-11-5-4-6-12-26/h7-10H,3-6,11-15H2,1-2H3,(H2,21,22,23). The summed E-state index contributed by atoms with van der Waals surface area (Å²) in [6.07, 6.45) is 4.04. The number of likely N-dealkylation sites (tertiary alicyclic amines) is 1. The molecule has 1 aliphatic heterocycles. The Balaban J connectivity index is 1.51. The van der Waals surface area contributed by atoms with Crippen LogP contribution in [0.5, 0.6) is 0 Å². The van der Waals surface area contributed by atoms with Crippen LogP contribution in [0.4, 0.5) is 0 Å². The predicted molar refractivity (Wildman–Crippen MR) is 106 cm³/mol. The molecule has 0 unspecified atom stereocenters. The summed E-state index contributed by atoms with van der Waals surface area (Å²) in [7, 11) is 0. The molecule has 1 saturated heterocycles. The van der Waals surface area contributed by atoms with E-state index in [1.165, 1.54) is 43.5 Å². The average molecular weight is 371 g/mol. The Bertz CT molecular complexity index is 718. The van der Waals surface area contributed by atoms with Gasteiger partial charge in [-0.1, -0.05) is 35.8 Å². The molecule has 1 fully saturated rings. The minimum atomic E-state index is 0.460. The summed E-state index contributed by atoms with van der Waals surface area (Å²) in [5.74, 6) is 1.93. The number of aromatic nitrogens is 2. The average Bonchev–Trinajstić information content (AvgIpc) is 3.11. The van der Waals surface area contributed by atoms with E-state index in [1.807, 2.05) is 6.92 Å². The number of hydrogen-bond donors (Lipinski definition) is 2. The summed E-state index contributed by atoms with van der Waals surface area (Å²) >= 11 is 0. The predicted octanol–water partition coefficient (Wildman–Crippen LogP) is 2.62. The molecule has 0 bridgehead atoms. The molecule has 1 aliphatic rings. The normalized spacial score (nSPS) is 15.7. The van der Waals surface area contributed by atoms with Crippen molar-refractivity contribution < 1.29 is 4.52 Å². The van der Waals surface area contributed by atoms with Gasteiger partial charge >= 0.3 is 0 Å². The van der Waals surface area contributed by atoms with Crippen LogP contribution in [0.15, 0.2) is 33.8 Å². The highest BCUT2D eigenvalue weighted by Crippen LogP contribution is 2.14. The summed E-state index contributed by atoms with van der Waals surface area (Å²) in [5, 5.41) is 10.3. The van der Waals surface area contributed by atoms with Crippen LogP contribution in [0.25, 0.3) is 0 Å². The molecule has 7 nitrogen and oxygen atoms in total. The lowest BCUT2D eigenvalue weighted by atomic mass is 10.1. The smallest absolute Gasteiger partial charge is 0.246 e. The summed E-state index contributed by atoms with van der Waals surface area (Å²) in [6.45, 7) is 9.24. The first kappa shape index (κ1) is 19.4. The van der Waals surface area contributed by atoms with Gasteiger partial charge in [0.1, 0.15) is 0 Å². The Kier molecular flexibility index (Phi) is 7.21. The third-order valence-corrected chi connectivity index (χ3v) is 4.62. The first-order valence-electron chi connectivity index (χ1n) is 9.84. The lowest BCUT2D eigenvalue weighted by Gasteiger charge is -2.26. The number of nitrogens with one attached hydrogen (secondary N) is 2. The second kappa shape index (κ2) is 10.1. The monoisotopic (exact) mass is 370 g/mol. The van der Waals surface area contributed by atoms with Crippen LogP contribution in [-0.4, -0.2) is 40.6 Å². The second-order valence-electron chi connectivity index (χ2n) is 6.94. The molecular weight excluding hydrogens is 340 g/mol. The van der Waals surface area contributed by atoms with E-state index in [-0.39, 0.29) is 0 Å². The Morgan fingerprint density at radius 2 is 1.85 bits per heavy atom. The van der Waals surface area contributed by atoms with E-state index in [1.54, 1.807) is 6.92 Å². The van der Waals surface area contributed by atoms with Gasteiger partial charge in [0.25, 0.3) is 0 Å². The van der Waals surface area contributed by atoms with Crippen LogP contribution in [0.3, 0.4) is 0 Å². The Morgan fingerprint density at radius 1 is 1.11 bits per heavy atom. The van der Waals surface area contributed by atoms with Crippen molar-refractivity contribution in [2.24, 2.45) is 4.99 Å². The molecule has 0 spiro atoms. The van der Waals surface area contributed by atoms with Gasteiger partial charge in [0.05, 0.1) is 13.1 Å². The first-order valence-corrected chi connectivity index (χ1v) is 9.84. The molecule has 0 aliphatic carbocycles. The lowest BCUT2D eigenvalue weighted by Crippen LogP contribution is -2.36. The zero-order valence-corrected chi connectivity index (χ0v) is 16.4. The van der Waals surface area contributed by atoms with Gasteiger partial charge in [0, 0.05) is 13.1 Å². The fourth-order valence-electron chi connectivity index (χ4n) is 3.21. The number of nitrogens with zero attached hydrogens (tertiary/aromatic N) is 4. The molecule has 3 rings (SSSR count). The van der Waals surface area contributed by atoms with E-state index in [0.29, 0.717) is 24.8 Å². The van der Waals surface area contributed by atoms with Gasteiger partial charge in [-0.05, 0) is 50.9 Å². The number of guanidine groups is 1. The third-order valence-electron chi connectivity index (χ3n) is 4.62. The Morgan fingerprint density at radius 3 is 2.52 bits per heavy atom. The van der Waals surface area contributed by atoms with Crippen molar-refractivity contribution in [3.8, 4) is 0 Å². The number of piperidine rings is 1. The zero-order chi connectivity index (χ0) is 18.9. The largest absolute Gasteiger partial charge is 0.357 e. The maximum absolute atomic E-state index is 5.12. The van der Waals surface area contributed by atoms with Crippen LogP contribution >= 0.6 is 0 Å². The minimum Gasteiger partial charge on any atom is -0.357 e. The highest BCUT2D eigenvalue weighted by Gasteiger charge is 2.10. The van der Waals surface area contributed by atoms with E-state index in [2.05, 4.69) is 54.9 Å². The number of benzene rings is 1. The molecule has 1 aromatic carbocycles. The van der Waals surface area contributed by atoms with E-state index < -0.39 is 0 Å². The van der Waals surface area contributed by atoms with Gasteiger partial charge in [-0.25, -0.2) is 4.99 Å². The van der Waals surface area contributed by atoms with E-state index in [4.69, 9.17) is 4.52 Å². The van der Waals surface area contributed by atoms with E-state index in [0.717, 1.165) is 19.0 Å². The third kappa shape index (κ3) is 6.36. The molecule has 2 N–H and O–H groups in total. The molecule has 27 heavy (non-hydrogen) atoms. The molecule has 146 valence electrons. The Hall–Kier alpha value is -2.41. The quantitative estimate of drug-likeness (QED) is 0.576. The van der Waals surface area contributed by atoms with Crippen molar-refractivity contribution >= 4 is 5.96 Å². The summed E-state index contributed by atoms with van der Waals surface area (Å²) in [5.41, 5.74) is 2.57. The second-order valence-corrected chi connectivity index (χ2v) is 6.94.